The van der Waals surface area contributed by atoms with Crippen molar-refractivity contribution < 1.29 is 9.59 Å². The van der Waals surface area contributed by atoms with Gasteiger partial charge in [-0.25, -0.2) is 0 Å². The number of hydrogen-bond donors (Lipinski definition) is 1. The van der Waals surface area contributed by atoms with Gasteiger partial charge in [0.15, 0.2) is 0 Å². The minimum Gasteiger partial charge on any atom is -0.282 e. The van der Waals surface area contributed by atoms with E-state index in [1.54, 1.807) is 17.8 Å². The molecule has 2 aromatic carbocycles. The largest absolute Gasteiger partial charge is 0.290 e. The Morgan fingerprint density at radius 2 is 1.77 bits per heavy atom. The Labute approximate surface area is 141 Å². The van der Waals surface area contributed by atoms with Gasteiger partial charge in [0.25, 0.3) is 11.1 Å². The van der Waals surface area contributed by atoms with Crippen LogP contribution < -0.4 is 5.32 Å². The molecule has 2 aromatic rings. The number of nitrogens with one attached hydrogen (secondary N) is 1. The highest BCUT2D eigenvalue weighted by Crippen LogP contribution is 2.34. The Balaban J connectivity index is 1.90. The summed E-state index contributed by atoms with van der Waals surface area (Å²) in [7, 11) is 0. The number of imide groups is 1. The van der Waals surface area contributed by atoms with Crippen LogP contribution in [-0.4, -0.2) is 11.1 Å². The van der Waals surface area contributed by atoms with Crippen molar-refractivity contribution in [3.05, 3.63) is 64.0 Å². The van der Waals surface area contributed by atoms with E-state index in [4.69, 9.17) is 11.6 Å². The maximum absolute atomic E-state index is 11.7. The topological polar surface area (TPSA) is 46.2 Å². The Bertz CT molecular complexity index is 772. The number of halogens is 1. The molecule has 22 heavy (non-hydrogen) atoms. The summed E-state index contributed by atoms with van der Waals surface area (Å²) in [5.74, 6) is -0.346. The lowest BCUT2D eigenvalue weighted by atomic mass is 10.2. The third-order valence-electron chi connectivity index (χ3n) is 2.89. The first-order valence-corrected chi connectivity index (χ1v) is 8.40. The highest BCUT2D eigenvalue weighted by molar-refractivity contribution is 8.18. The summed E-state index contributed by atoms with van der Waals surface area (Å²) in [6.07, 6.45) is 1.74. The van der Waals surface area contributed by atoms with Gasteiger partial charge in [-0.15, -0.1) is 0 Å². The lowest BCUT2D eigenvalue weighted by Crippen LogP contribution is -2.17. The average molecular weight is 348 g/mol. The summed E-state index contributed by atoms with van der Waals surface area (Å²) in [6.45, 7) is 0. The lowest BCUT2D eigenvalue weighted by molar-refractivity contribution is -0.115. The van der Waals surface area contributed by atoms with E-state index in [-0.39, 0.29) is 11.1 Å². The molecule has 0 bridgehead atoms. The van der Waals surface area contributed by atoms with Crippen molar-refractivity contribution in [1.82, 2.24) is 5.32 Å². The molecule has 0 aromatic heterocycles. The van der Waals surface area contributed by atoms with Crippen molar-refractivity contribution in [2.45, 2.75) is 9.79 Å². The monoisotopic (exact) mass is 347 g/mol. The van der Waals surface area contributed by atoms with Crippen molar-refractivity contribution in [3.63, 3.8) is 0 Å². The Morgan fingerprint density at radius 3 is 2.45 bits per heavy atom. The van der Waals surface area contributed by atoms with Crippen molar-refractivity contribution in [3.8, 4) is 0 Å². The highest BCUT2D eigenvalue weighted by Gasteiger charge is 2.25. The van der Waals surface area contributed by atoms with Crippen LogP contribution in [-0.2, 0) is 4.79 Å². The van der Waals surface area contributed by atoms with Gasteiger partial charge < -0.3 is 0 Å². The lowest BCUT2D eigenvalue weighted by Gasteiger charge is -2.06. The molecule has 1 saturated heterocycles. The number of hydrogen-bond acceptors (Lipinski definition) is 4. The van der Waals surface area contributed by atoms with Crippen LogP contribution in [0, 0.1) is 0 Å². The molecule has 3 rings (SSSR count). The van der Waals surface area contributed by atoms with Gasteiger partial charge in [0, 0.05) is 14.8 Å². The summed E-state index contributed by atoms with van der Waals surface area (Å²) in [5.41, 5.74) is 0.898. The molecule has 0 saturated carbocycles. The zero-order chi connectivity index (χ0) is 15.5. The fraction of sp³-hybridized carbons (Fsp3) is 0. The van der Waals surface area contributed by atoms with Crippen molar-refractivity contribution in [1.29, 1.82) is 0 Å². The fourth-order valence-electron chi connectivity index (χ4n) is 1.88. The highest BCUT2D eigenvalue weighted by atomic mass is 35.5. The molecule has 1 N–H and O–H groups in total. The first-order chi connectivity index (χ1) is 10.6. The predicted molar refractivity (Wildman–Crippen MR) is 91.1 cm³/mol. The number of carbonyl (C=O) groups excluding carboxylic acids is 2. The molecule has 3 nitrogen and oxygen atoms in total. The Morgan fingerprint density at radius 1 is 1.05 bits per heavy atom. The fourth-order valence-corrected chi connectivity index (χ4v) is 3.60. The standard InChI is InChI=1S/C16H10ClNO2S2/c17-11-5-7-12(8-6-11)21-13-4-2-1-3-10(13)9-14-15(19)18-16(20)22-14/h1-9H,(H,18,19,20)/b14-9+. The van der Waals surface area contributed by atoms with E-state index >= 15 is 0 Å². The number of carbonyl (C=O) groups is 2. The van der Waals surface area contributed by atoms with Crippen molar-refractivity contribution in [2.24, 2.45) is 0 Å². The van der Waals surface area contributed by atoms with Crippen LogP contribution in [0.3, 0.4) is 0 Å². The Hall–Kier alpha value is -1.69. The number of rotatable bonds is 3. The summed E-state index contributed by atoms with van der Waals surface area (Å²) < 4.78 is 0. The van der Waals surface area contributed by atoms with E-state index in [0.717, 1.165) is 27.1 Å². The van der Waals surface area contributed by atoms with Crippen molar-refractivity contribution in [2.75, 3.05) is 0 Å². The SMILES string of the molecule is O=C1NC(=O)/C(=C\c2ccccc2Sc2ccc(Cl)cc2)S1. The number of thioether (sulfide) groups is 1. The summed E-state index contributed by atoms with van der Waals surface area (Å²) >= 11 is 8.39. The van der Waals surface area contributed by atoms with Crippen LogP contribution in [0.4, 0.5) is 4.79 Å². The molecule has 0 unspecified atom stereocenters. The molecular formula is C16H10ClNO2S2. The van der Waals surface area contributed by atoms with Gasteiger partial charge in [0.2, 0.25) is 0 Å². The van der Waals surface area contributed by atoms with E-state index < -0.39 is 0 Å². The van der Waals surface area contributed by atoms with Crippen molar-refractivity contribution >= 4 is 52.3 Å². The molecule has 0 aliphatic carbocycles. The van der Waals surface area contributed by atoms with E-state index in [1.807, 2.05) is 48.5 Å². The van der Waals surface area contributed by atoms with E-state index in [1.165, 1.54) is 0 Å². The van der Waals surface area contributed by atoms with Gasteiger partial charge >= 0.3 is 0 Å². The summed E-state index contributed by atoms with van der Waals surface area (Å²) in [4.78, 5) is 25.4. The van der Waals surface area contributed by atoms with Crippen LogP contribution in [0.25, 0.3) is 6.08 Å². The minimum atomic E-state index is -0.346. The summed E-state index contributed by atoms with van der Waals surface area (Å²) in [5, 5.41) is 2.62. The van der Waals surface area contributed by atoms with E-state index in [2.05, 4.69) is 5.32 Å². The Kier molecular flexibility index (Phi) is 4.57. The third kappa shape index (κ3) is 3.55. The zero-order valence-corrected chi connectivity index (χ0v) is 13.6. The second kappa shape index (κ2) is 6.60. The van der Waals surface area contributed by atoms with Gasteiger partial charge in [-0.1, -0.05) is 41.6 Å². The van der Waals surface area contributed by atoms with Crippen LogP contribution in [0.1, 0.15) is 5.56 Å². The molecule has 1 aliphatic heterocycles. The van der Waals surface area contributed by atoms with Crippen LogP contribution >= 0.6 is 35.1 Å². The van der Waals surface area contributed by atoms with Gasteiger partial charge in [-0.3, -0.25) is 14.9 Å². The van der Waals surface area contributed by atoms with Gasteiger partial charge in [-0.05, 0) is 53.7 Å². The van der Waals surface area contributed by atoms with Crippen LogP contribution in [0.15, 0.2) is 63.2 Å². The van der Waals surface area contributed by atoms with Gasteiger partial charge in [-0.2, -0.15) is 0 Å². The molecule has 110 valence electrons. The molecule has 1 heterocycles. The van der Waals surface area contributed by atoms with E-state index in [0.29, 0.717) is 9.93 Å². The maximum atomic E-state index is 11.7. The molecule has 2 amide bonds. The third-order valence-corrected chi connectivity index (χ3v) is 5.05. The molecule has 6 heteroatoms. The predicted octanol–water partition coefficient (Wildman–Crippen LogP) is 4.82. The molecule has 1 fully saturated rings. The summed E-state index contributed by atoms with van der Waals surface area (Å²) in [6, 6.07) is 15.3. The second-order valence-electron chi connectivity index (χ2n) is 4.45. The molecule has 0 radical (unpaired) electrons. The smallest absolute Gasteiger partial charge is 0.282 e. The maximum Gasteiger partial charge on any atom is 0.290 e. The van der Waals surface area contributed by atoms with E-state index in [9.17, 15) is 9.59 Å². The first-order valence-electron chi connectivity index (χ1n) is 6.39. The molecule has 0 spiro atoms. The van der Waals surface area contributed by atoms with Gasteiger partial charge in [0.05, 0.1) is 4.91 Å². The average Bonchev–Trinajstić information content (AvgIpc) is 2.81. The first kappa shape index (κ1) is 15.2. The number of amides is 2. The quantitative estimate of drug-likeness (QED) is 0.809. The van der Waals surface area contributed by atoms with Crippen LogP contribution in [0.2, 0.25) is 5.02 Å². The molecule has 1 aliphatic rings. The molecular weight excluding hydrogens is 338 g/mol. The zero-order valence-electron chi connectivity index (χ0n) is 11.2. The normalized spacial score (nSPS) is 16.1. The minimum absolute atomic E-state index is 0.334. The molecule has 0 atom stereocenters. The number of benzene rings is 2. The second-order valence-corrected chi connectivity index (χ2v) is 7.01. The van der Waals surface area contributed by atoms with Crippen LogP contribution in [0.5, 0.6) is 0 Å². The van der Waals surface area contributed by atoms with Gasteiger partial charge in [0.1, 0.15) is 0 Å².